The number of carbonyl (C=O) groups excluding carboxylic acids is 2. The lowest BCUT2D eigenvalue weighted by atomic mass is 10.2. The molecule has 10 heteroatoms. The van der Waals surface area contributed by atoms with Crippen LogP contribution >= 0.6 is 0 Å². The van der Waals surface area contributed by atoms with Crippen molar-refractivity contribution in [3.05, 3.63) is 54.1 Å². The van der Waals surface area contributed by atoms with E-state index in [0.717, 1.165) is 0 Å². The number of anilines is 1. The number of nitrogens with zero attached hydrogens (tertiary/aromatic N) is 1. The highest BCUT2D eigenvalue weighted by molar-refractivity contribution is 5.96. The maximum Gasteiger partial charge on any atom is 0.573 e. The second-order valence-electron chi connectivity index (χ2n) is 6.46. The van der Waals surface area contributed by atoms with E-state index in [2.05, 4.69) is 10.1 Å². The average molecular weight is 424 g/mol. The van der Waals surface area contributed by atoms with Crippen LogP contribution < -0.4 is 19.7 Å². The number of halogens is 3. The fraction of sp³-hybridized carbons (Fsp3) is 0.300. The van der Waals surface area contributed by atoms with E-state index in [9.17, 15) is 22.8 Å². The first-order valence-electron chi connectivity index (χ1n) is 9.00. The van der Waals surface area contributed by atoms with Crippen LogP contribution in [0.4, 0.5) is 23.7 Å². The zero-order chi connectivity index (χ0) is 21.7. The minimum Gasteiger partial charge on any atom is -0.489 e. The molecule has 0 aliphatic carbocycles. The molecule has 2 aromatic rings. The average Bonchev–Trinajstić information content (AvgIpc) is 3.05. The minimum atomic E-state index is -4.76. The van der Waals surface area contributed by atoms with E-state index in [1.165, 1.54) is 30.1 Å². The van der Waals surface area contributed by atoms with Gasteiger partial charge in [0.2, 0.25) is 5.91 Å². The van der Waals surface area contributed by atoms with Crippen LogP contribution in [0.2, 0.25) is 0 Å². The molecule has 7 nitrogen and oxygen atoms in total. The molecule has 2 aromatic carbocycles. The number of rotatable bonds is 6. The maximum absolute atomic E-state index is 12.3. The van der Waals surface area contributed by atoms with E-state index in [-0.39, 0.29) is 31.2 Å². The smallest absolute Gasteiger partial charge is 0.489 e. The lowest BCUT2D eigenvalue weighted by Crippen LogP contribution is -2.29. The number of ether oxygens (including phenoxy) is 3. The summed E-state index contributed by atoms with van der Waals surface area (Å²) in [6.07, 6.45) is -5.78. The number of benzene rings is 2. The summed E-state index contributed by atoms with van der Waals surface area (Å²) in [7, 11) is 1.44. The zero-order valence-corrected chi connectivity index (χ0v) is 15.9. The molecule has 0 spiro atoms. The Hall–Kier alpha value is -3.43. The molecule has 3 rings (SSSR count). The summed E-state index contributed by atoms with van der Waals surface area (Å²) in [5.74, 6) is -0.00947. The lowest BCUT2D eigenvalue weighted by Gasteiger charge is -2.17. The van der Waals surface area contributed by atoms with Crippen LogP contribution in [-0.4, -0.2) is 38.1 Å². The molecule has 30 heavy (non-hydrogen) atoms. The number of amides is 2. The van der Waals surface area contributed by atoms with Crippen LogP contribution in [-0.2, 0) is 16.1 Å². The van der Waals surface area contributed by atoms with Gasteiger partial charge in [0.25, 0.3) is 0 Å². The van der Waals surface area contributed by atoms with Gasteiger partial charge in [-0.05, 0) is 42.0 Å². The molecule has 1 aliphatic heterocycles. The molecular weight excluding hydrogens is 405 g/mol. The molecule has 1 unspecified atom stereocenters. The van der Waals surface area contributed by atoms with E-state index in [4.69, 9.17) is 9.47 Å². The van der Waals surface area contributed by atoms with Crippen molar-refractivity contribution in [3.8, 4) is 11.5 Å². The molecule has 0 radical (unpaired) electrons. The predicted octanol–water partition coefficient (Wildman–Crippen LogP) is 3.63. The molecule has 1 heterocycles. The molecule has 1 N–H and O–H groups in total. The summed E-state index contributed by atoms with van der Waals surface area (Å²) >= 11 is 0. The monoisotopic (exact) mass is 424 g/mol. The Kier molecular flexibility index (Phi) is 6.34. The van der Waals surface area contributed by atoms with Gasteiger partial charge < -0.3 is 24.4 Å². The van der Waals surface area contributed by atoms with Crippen molar-refractivity contribution < 1.29 is 37.0 Å². The van der Waals surface area contributed by atoms with E-state index in [1.807, 2.05) is 0 Å². The first kappa shape index (κ1) is 21.3. The number of carbonyl (C=O) groups is 2. The van der Waals surface area contributed by atoms with Crippen LogP contribution in [0.1, 0.15) is 12.0 Å². The Labute approximate surface area is 170 Å². The SMILES string of the molecule is CNC(=O)OC1CC(=O)N(c2ccc(OCc3cccc(OC(F)(F)F)c3)cc2)C1. The highest BCUT2D eigenvalue weighted by atomic mass is 19.4. The van der Waals surface area contributed by atoms with Gasteiger partial charge in [-0.2, -0.15) is 0 Å². The number of hydrogen-bond acceptors (Lipinski definition) is 5. The van der Waals surface area contributed by atoms with Gasteiger partial charge in [-0.25, -0.2) is 4.79 Å². The van der Waals surface area contributed by atoms with Crippen LogP contribution in [0.25, 0.3) is 0 Å². The predicted molar refractivity (Wildman–Crippen MR) is 100 cm³/mol. The van der Waals surface area contributed by atoms with Crippen molar-refractivity contribution in [1.82, 2.24) is 5.32 Å². The highest BCUT2D eigenvalue weighted by Gasteiger charge is 2.33. The van der Waals surface area contributed by atoms with Gasteiger partial charge in [0.1, 0.15) is 24.2 Å². The first-order valence-corrected chi connectivity index (χ1v) is 9.00. The van der Waals surface area contributed by atoms with Gasteiger partial charge in [-0.3, -0.25) is 4.79 Å². The Morgan fingerprint density at radius 3 is 2.57 bits per heavy atom. The van der Waals surface area contributed by atoms with Crippen molar-refractivity contribution in [1.29, 1.82) is 0 Å². The third kappa shape index (κ3) is 5.79. The Balaban J connectivity index is 1.57. The number of alkyl halides is 3. The summed E-state index contributed by atoms with van der Waals surface area (Å²) in [5.41, 5.74) is 1.13. The van der Waals surface area contributed by atoms with Gasteiger partial charge >= 0.3 is 12.5 Å². The third-order valence-corrected chi connectivity index (χ3v) is 4.25. The topological polar surface area (TPSA) is 77.1 Å². The van der Waals surface area contributed by atoms with Crippen LogP contribution in [0.15, 0.2) is 48.5 Å². The van der Waals surface area contributed by atoms with Crippen LogP contribution in [0, 0.1) is 0 Å². The van der Waals surface area contributed by atoms with Crippen molar-refractivity contribution >= 4 is 17.7 Å². The Bertz CT molecular complexity index is 902. The molecule has 2 amide bonds. The lowest BCUT2D eigenvalue weighted by molar-refractivity contribution is -0.274. The highest BCUT2D eigenvalue weighted by Crippen LogP contribution is 2.27. The summed E-state index contributed by atoms with van der Waals surface area (Å²) < 4.78 is 51.5. The molecule has 0 aromatic heterocycles. The van der Waals surface area contributed by atoms with Gasteiger partial charge in [0.15, 0.2) is 0 Å². The summed E-state index contributed by atoms with van der Waals surface area (Å²) in [6.45, 7) is 0.289. The van der Waals surface area contributed by atoms with E-state index in [1.54, 1.807) is 30.3 Å². The fourth-order valence-corrected chi connectivity index (χ4v) is 2.93. The molecule has 1 aliphatic rings. The standard InChI is InChI=1S/C20H19F3N2O5/c1-24-19(27)29-17-10-18(26)25(11-17)14-5-7-15(8-6-14)28-12-13-3-2-4-16(9-13)30-20(21,22)23/h2-9,17H,10-12H2,1H3,(H,24,27). The molecule has 1 saturated heterocycles. The van der Waals surface area contributed by atoms with Crippen LogP contribution in [0.5, 0.6) is 11.5 Å². The van der Waals surface area contributed by atoms with Gasteiger partial charge in [-0.1, -0.05) is 12.1 Å². The van der Waals surface area contributed by atoms with E-state index >= 15 is 0 Å². The summed E-state index contributed by atoms with van der Waals surface area (Å²) in [5, 5.41) is 2.34. The Morgan fingerprint density at radius 1 is 1.17 bits per heavy atom. The number of alkyl carbamates (subject to hydrolysis) is 1. The second kappa shape index (κ2) is 8.93. The second-order valence-corrected chi connectivity index (χ2v) is 6.46. The molecule has 1 atom stereocenters. The largest absolute Gasteiger partial charge is 0.573 e. The van der Waals surface area contributed by atoms with Crippen molar-refractivity contribution in [2.45, 2.75) is 25.5 Å². The van der Waals surface area contributed by atoms with E-state index < -0.39 is 18.6 Å². The quantitative estimate of drug-likeness (QED) is 0.767. The Morgan fingerprint density at radius 2 is 1.90 bits per heavy atom. The molecule has 160 valence electrons. The molecule has 1 fully saturated rings. The number of nitrogens with one attached hydrogen (secondary N) is 1. The summed E-state index contributed by atoms with van der Waals surface area (Å²) in [4.78, 5) is 25.0. The van der Waals surface area contributed by atoms with Gasteiger partial charge in [-0.15, -0.1) is 13.2 Å². The normalized spacial score (nSPS) is 16.3. The van der Waals surface area contributed by atoms with Gasteiger partial charge in [0.05, 0.1) is 13.0 Å². The van der Waals surface area contributed by atoms with Crippen molar-refractivity contribution in [3.63, 3.8) is 0 Å². The van der Waals surface area contributed by atoms with Crippen molar-refractivity contribution in [2.24, 2.45) is 0 Å². The van der Waals surface area contributed by atoms with Gasteiger partial charge in [0, 0.05) is 12.7 Å². The molecule has 0 bridgehead atoms. The maximum atomic E-state index is 12.3. The zero-order valence-electron chi connectivity index (χ0n) is 15.9. The fourth-order valence-electron chi connectivity index (χ4n) is 2.93. The van der Waals surface area contributed by atoms with Crippen LogP contribution in [0.3, 0.4) is 0 Å². The summed E-state index contributed by atoms with van der Waals surface area (Å²) in [6, 6.07) is 12.2. The minimum absolute atomic E-state index is 0.0408. The third-order valence-electron chi connectivity index (χ3n) is 4.25. The molecule has 0 saturated carbocycles. The molecular formula is C20H19F3N2O5. The number of hydrogen-bond donors (Lipinski definition) is 1. The van der Waals surface area contributed by atoms with E-state index in [0.29, 0.717) is 17.0 Å². The van der Waals surface area contributed by atoms with Crippen molar-refractivity contribution in [2.75, 3.05) is 18.5 Å². The first-order chi connectivity index (χ1) is 14.2.